The van der Waals surface area contributed by atoms with Crippen LogP contribution in [-0.2, 0) is 21.6 Å². The van der Waals surface area contributed by atoms with Gasteiger partial charge in [0.25, 0.3) is 0 Å². The molecule has 26 heavy (non-hydrogen) atoms. The van der Waals surface area contributed by atoms with Gasteiger partial charge in [-0.1, -0.05) is 0 Å². The maximum atomic E-state index is 11.5. The Morgan fingerprint density at radius 3 is 2.81 bits per heavy atom. The fourth-order valence-corrected chi connectivity index (χ4v) is 4.56. The first-order valence-corrected chi connectivity index (χ1v) is 10.8. The van der Waals surface area contributed by atoms with Crippen LogP contribution >= 0.6 is 0 Å². The van der Waals surface area contributed by atoms with E-state index in [0.29, 0.717) is 19.7 Å². The van der Waals surface area contributed by atoms with Gasteiger partial charge in [0.15, 0.2) is 15.8 Å². The molecule has 3 heterocycles. The van der Waals surface area contributed by atoms with Crippen molar-refractivity contribution in [1.82, 2.24) is 24.9 Å². The lowest BCUT2D eigenvalue weighted by molar-refractivity contribution is -0.00804. The van der Waals surface area contributed by atoms with E-state index in [1.54, 1.807) is 11.7 Å². The molecule has 3 rings (SSSR count). The van der Waals surface area contributed by atoms with Gasteiger partial charge in [-0.2, -0.15) is 5.10 Å². The zero-order valence-electron chi connectivity index (χ0n) is 15.5. The average Bonchev–Trinajstić information content (AvgIpc) is 3.07. The van der Waals surface area contributed by atoms with Gasteiger partial charge in [-0.3, -0.25) is 14.6 Å². The normalized spacial score (nSPS) is 24.6. The Balaban J connectivity index is 1.47. The van der Waals surface area contributed by atoms with Crippen LogP contribution < -0.4 is 5.32 Å². The summed E-state index contributed by atoms with van der Waals surface area (Å²) < 4.78 is 30.6. The minimum absolute atomic E-state index is 0.0108. The molecule has 1 unspecified atom stereocenters. The number of rotatable bonds is 4. The number of guanidine groups is 1. The van der Waals surface area contributed by atoms with Gasteiger partial charge < -0.3 is 15.0 Å². The number of nitrogens with zero attached hydrogens (tertiary/aromatic N) is 5. The highest BCUT2D eigenvalue weighted by atomic mass is 32.2. The fraction of sp³-hybridized carbons (Fsp3) is 0.750. The Kier molecular flexibility index (Phi) is 6.15. The van der Waals surface area contributed by atoms with E-state index in [2.05, 4.69) is 25.2 Å². The maximum absolute atomic E-state index is 11.5. The van der Waals surface area contributed by atoms with Crippen molar-refractivity contribution in [3.8, 4) is 0 Å². The van der Waals surface area contributed by atoms with E-state index in [1.165, 1.54) is 0 Å². The molecule has 146 valence electrons. The number of hydrogen-bond donors (Lipinski definition) is 1. The summed E-state index contributed by atoms with van der Waals surface area (Å²) in [6.45, 7) is 4.94. The summed E-state index contributed by atoms with van der Waals surface area (Å²) in [5.41, 5.74) is 1.07. The minimum atomic E-state index is -2.82. The van der Waals surface area contributed by atoms with Crippen molar-refractivity contribution in [1.29, 1.82) is 0 Å². The number of ether oxygens (including phenoxy) is 1. The highest BCUT2D eigenvalue weighted by Gasteiger charge is 2.25. The number of aromatic nitrogens is 2. The third kappa shape index (κ3) is 4.95. The largest absolute Gasteiger partial charge is 0.370 e. The number of hydrogen-bond acceptors (Lipinski definition) is 6. The van der Waals surface area contributed by atoms with Crippen LogP contribution in [0.3, 0.4) is 0 Å². The minimum Gasteiger partial charge on any atom is -0.370 e. The van der Waals surface area contributed by atoms with E-state index in [4.69, 9.17) is 4.74 Å². The summed E-state index contributed by atoms with van der Waals surface area (Å²) in [6, 6.07) is 0. The van der Waals surface area contributed by atoms with Crippen LogP contribution in [-0.4, -0.2) is 98.4 Å². The molecule has 1 aromatic rings. The van der Waals surface area contributed by atoms with Crippen LogP contribution in [0.5, 0.6) is 0 Å². The highest BCUT2D eigenvalue weighted by Crippen LogP contribution is 2.21. The van der Waals surface area contributed by atoms with Crippen molar-refractivity contribution in [3.05, 3.63) is 18.0 Å². The van der Waals surface area contributed by atoms with Crippen molar-refractivity contribution in [2.24, 2.45) is 12.0 Å². The second-order valence-corrected chi connectivity index (χ2v) is 9.02. The Hall–Kier alpha value is -1.65. The third-order valence-corrected chi connectivity index (χ3v) is 6.43. The third-order valence-electron chi connectivity index (χ3n) is 4.82. The number of aryl methyl sites for hydroxylation is 1. The monoisotopic (exact) mass is 384 g/mol. The molecule has 10 heteroatoms. The molecule has 2 aliphatic rings. The standard InChI is InChI=1S/C16H28N6O3S/c1-17-16(18-3-4-21-6-9-26(23,24)10-7-21)22-5-8-25-15(13-22)14-11-19-20(2)12-14/h11-12,15H,3-10,13H2,1-2H3,(H,17,18). The van der Waals surface area contributed by atoms with Gasteiger partial charge in [0, 0.05) is 58.6 Å². The van der Waals surface area contributed by atoms with Crippen molar-refractivity contribution in [2.45, 2.75) is 6.10 Å². The molecule has 1 N–H and O–H groups in total. The van der Waals surface area contributed by atoms with E-state index in [1.807, 2.05) is 19.4 Å². The molecule has 0 aromatic carbocycles. The lowest BCUT2D eigenvalue weighted by Gasteiger charge is -2.35. The molecule has 0 aliphatic carbocycles. The molecule has 1 aromatic heterocycles. The Morgan fingerprint density at radius 2 is 2.15 bits per heavy atom. The second kappa shape index (κ2) is 8.36. The molecular weight excluding hydrogens is 356 g/mol. The molecule has 0 amide bonds. The van der Waals surface area contributed by atoms with E-state index in [-0.39, 0.29) is 17.6 Å². The summed E-state index contributed by atoms with van der Waals surface area (Å²) in [5, 5.41) is 7.61. The first kappa shape index (κ1) is 19.1. The van der Waals surface area contributed by atoms with Crippen molar-refractivity contribution < 1.29 is 13.2 Å². The summed E-state index contributed by atoms with van der Waals surface area (Å²) in [5.74, 6) is 1.38. The maximum Gasteiger partial charge on any atom is 0.193 e. The summed E-state index contributed by atoms with van der Waals surface area (Å²) in [7, 11) is 0.857. The predicted molar refractivity (Wildman–Crippen MR) is 99.9 cm³/mol. The van der Waals surface area contributed by atoms with Gasteiger partial charge in [0.2, 0.25) is 0 Å². The molecule has 1 atom stereocenters. The van der Waals surface area contributed by atoms with E-state index in [9.17, 15) is 8.42 Å². The molecule has 0 spiro atoms. The zero-order chi connectivity index (χ0) is 18.6. The van der Waals surface area contributed by atoms with Crippen molar-refractivity contribution >= 4 is 15.8 Å². The van der Waals surface area contributed by atoms with Crippen LogP contribution in [0.2, 0.25) is 0 Å². The first-order chi connectivity index (χ1) is 12.5. The molecule has 9 nitrogen and oxygen atoms in total. The molecular formula is C16H28N6O3S. The lowest BCUT2D eigenvalue weighted by Crippen LogP contribution is -2.50. The molecule has 2 aliphatic heterocycles. The van der Waals surface area contributed by atoms with Gasteiger partial charge in [-0.25, -0.2) is 8.42 Å². The molecule has 0 saturated carbocycles. The van der Waals surface area contributed by atoms with Crippen molar-refractivity contribution in [3.63, 3.8) is 0 Å². The van der Waals surface area contributed by atoms with Crippen molar-refractivity contribution in [2.75, 3.05) is 64.4 Å². The number of sulfone groups is 1. The van der Waals surface area contributed by atoms with E-state index >= 15 is 0 Å². The number of nitrogens with one attached hydrogen (secondary N) is 1. The quantitative estimate of drug-likeness (QED) is 0.531. The lowest BCUT2D eigenvalue weighted by atomic mass is 10.1. The molecule has 0 bridgehead atoms. The molecule has 2 saturated heterocycles. The second-order valence-electron chi connectivity index (χ2n) is 6.72. The number of aliphatic imine (C=N–C) groups is 1. The van der Waals surface area contributed by atoms with Gasteiger partial charge in [0.1, 0.15) is 6.10 Å². The first-order valence-electron chi connectivity index (χ1n) is 8.95. The Labute approximate surface area is 154 Å². The predicted octanol–water partition coefficient (Wildman–Crippen LogP) is -0.901. The van der Waals surface area contributed by atoms with Crippen LogP contribution in [0, 0.1) is 0 Å². The number of morpholine rings is 1. The summed E-state index contributed by atoms with van der Waals surface area (Å²) in [6.07, 6.45) is 3.81. The average molecular weight is 385 g/mol. The molecule has 0 radical (unpaired) electrons. The fourth-order valence-electron chi connectivity index (χ4n) is 3.28. The topological polar surface area (TPSA) is 92.1 Å². The van der Waals surface area contributed by atoms with E-state index in [0.717, 1.165) is 37.7 Å². The van der Waals surface area contributed by atoms with E-state index < -0.39 is 9.84 Å². The summed E-state index contributed by atoms with van der Waals surface area (Å²) >= 11 is 0. The zero-order valence-corrected chi connectivity index (χ0v) is 16.3. The molecule has 2 fully saturated rings. The smallest absolute Gasteiger partial charge is 0.193 e. The van der Waals surface area contributed by atoms with Gasteiger partial charge in [-0.05, 0) is 0 Å². The summed E-state index contributed by atoms with van der Waals surface area (Å²) in [4.78, 5) is 8.77. The highest BCUT2D eigenvalue weighted by molar-refractivity contribution is 7.91. The van der Waals surface area contributed by atoms with Gasteiger partial charge >= 0.3 is 0 Å². The van der Waals surface area contributed by atoms with Crippen LogP contribution in [0.4, 0.5) is 0 Å². The Morgan fingerprint density at radius 1 is 1.38 bits per heavy atom. The van der Waals surface area contributed by atoms with Crippen LogP contribution in [0.25, 0.3) is 0 Å². The van der Waals surface area contributed by atoms with Gasteiger partial charge in [0.05, 0.1) is 30.9 Å². The van der Waals surface area contributed by atoms with Gasteiger partial charge in [-0.15, -0.1) is 0 Å². The SMILES string of the molecule is CN=C(NCCN1CCS(=O)(=O)CC1)N1CCOC(c2cnn(C)c2)C1. The van der Waals surface area contributed by atoms with Crippen LogP contribution in [0.1, 0.15) is 11.7 Å². The van der Waals surface area contributed by atoms with Crippen LogP contribution in [0.15, 0.2) is 17.4 Å². The Bertz CT molecular complexity index is 718.